The van der Waals surface area contributed by atoms with E-state index in [2.05, 4.69) is 6.92 Å². The second-order valence-electron chi connectivity index (χ2n) is 4.34. The normalized spacial score (nSPS) is 24.0. The van der Waals surface area contributed by atoms with Crippen molar-refractivity contribution in [2.75, 3.05) is 5.75 Å². The van der Waals surface area contributed by atoms with Crippen LogP contribution in [0.15, 0.2) is 0 Å². The first-order chi connectivity index (χ1) is 8.11. The summed E-state index contributed by atoms with van der Waals surface area (Å²) < 4.78 is 0. The van der Waals surface area contributed by atoms with Crippen molar-refractivity contribution in [2.45, 2.75) is 57.4 Å². The molecule has 1 saturated heterocycles. The van der Waals surface area contributed by atoms with Crippen molar-refractivity contribution < 1.29 is 14.7 Å². The molecule has 0 unspecified atom stereocenters. The summed E-state index contributed by atoms with van der Waals surface area (Å²) in [6.45, 7) is 4.09. The number of hydrogen-bond acceptors (Lipinski definition) is 3. The van der Waals surface area contributed by atoms with E-state index in [1.54, 1.807) is 16.7 Å². The Balaban J connectivity index is 2.70. The Morgan fingerprint density at radius 3 is 2.59 bits per heavy atom. The lowest BCUT2D eigenvalue weighted by atomic mass is 10.2. The zero-order valence-electron chi connectivity index (χ0n) is 10.5. The molecule has 0 bridgehead atoms. The van der Waals surface area contributed by atoms with Crippen LogP contribution in [0.2, 0.25) is 0 Å². The van der Waals surface area contributed by atoms with Gasteiger partial charge in [0.15, 0.2) is 0 Å². The van der Waals surface area contributed by atoms with Crippen molar-refractivity contribution in [3.05, 3.63) is 0 Å². The summed E-state index contributed by atoms with van der Waals surface area (Å²) in [4.78, 5) is 24.8. The summed E-state index contributed by atoms with van der Waals surface area (Å²) in [5.41, 5.74) is 0. The van der Waals surface area contributed by atoms with Crippen LogP contribution < -0.4 is 0 Å². The number of aliphatic carboxylic acids is 1. The number of hydrogen-bond donors (Lipinski definition) is 1. The minimum absolute atomic E-state index is 0.00250. The van der Waals surface area contributed by atoms with E-state index < -0.39 is 12.0 Å². The quantitative estimate of drug-likeness (QED) is 0.795. The summed E-state index contributed by atoms with van der Waals surface area (Å²) in [6.07, 6.45) is 4.13. The van der Waals surface area contributed by atoms with Gasteiger partial charge >= 0.3 is 5.97 Å². The number of amides is 1. The standard InChI is InChI=1S/C12H21NO3S/c1-3-5-7-10(14)13-9(12(15)16)8-17-11(13)6-4-2/h9,11H,3-8H2,1-2H3,(H,15,16)/t9-,11-/m0/s1. The second kappa shape index (κ2) is 6.89. The lowest BCUT2D eigenvalue weighted by Crippen LogP contribution is -2.45. The fourth-order valence-electron chi connectivity index (χ4n) is 2.01. The summed E-state index contributed by atoms with van der Waals surface area (Å²) in [5.74, 6) is -0.346. The van der Waals surface area contributed by atoms with E-state index in [0.717, 1.165) is 25.7 Å². The first-order valence-electron chi connectivity index (χ1n) is 6.27. The van der Waals surface area contributed by atoms with E-state index in [9.17, 15) is 9.59 Å². The molecular weight excluding hydrogens is 238 g/mol. The molecule has 0 spiro atoms. The highest BCUT2D eigenvalue weighted by atomic mass is 32.2. The molecule has 5 heteroatoms. The van der Waals surface area contributed by atoms with Crippen LogP contribution >= 0.6 is 11.8 Å². The van der Waals surface area contributed by atoms with E-state index in [1.165, 1.54) is 0 Å². The molecule has 1 aliphatic heterocycles. The van der Waals surface area contributed by atoms with Gasteiger partial charge in [-0.05, 0) is 12.8 Å². The molecule has 1 amide bonds. The van der Waals surface area contributed by atoms with Crippen molar-refractivity contribution in [3.63, 3.8) is 0 Å². The van der Waals surface area contributed by atoms with Crippen LogP contribution in [0.1, 0.15) is 46.0 Å². The Morgan fingerprint density at radius 1 is 1.35 bits per heavy atom. The third kappa shape index (κ3) is 3.63. The zero-order valence-corrected chi connectivity index (χ0v) is 11.3. The van der Waals surface area contributed by atoms with E-state index in [0.29, 0.717) is 12.2 Å². The maximum atomic E-state index is 12.1. The molecular formula is C12H21NO3S. The highest BCUT2D eigenvalue weighted by Crippen LogP contribution is 2.33. The van der Waals surface area contributed by atoms with E-state index >= 15 is 0 Å². The number of thioether (sulfide) groups is 1. The molecule has 17 heavy (non-hydrogen) atoms. The molecule has 0 radical (unpaired) electrons. The number of nitrogens with zero attached hydrogens (tertiary/aromatic N) is 1. The van der Waals surface area contributed by atoms with Gasteiger partial charge in [0.2, 0.25) is 5.91 Å². The Morgan fingerprint density at radius 2 is 2.06 bits per heavy atom. The fraction of sp³-hybridized carbons (Fsp3) is 0.833. The first kappa shape index (κ1) is 14.4. The maximum Gasteiger partial charge on any atom is 0.327 e. The number of carbonyl (C=O) groups is 2. The lowest BCUT2D eigenvalue weighted by molar-refractivity contribution is -0.149. The lowest BCUT2D eigenvalue weighted by Gasteiger charge is -2.27. The minimum Gasteiger partial charge on any atom is -0.480 e. The van der Waals surface area contributed by atoms with Crippen LogP contribution in [-0.4, -0.2) is 39.1 Å². The van der Waals surface area contributed by atoms with Crippen LogP contribution in [0.5, 0.6) is 0 Å². The first-order valence-corrected chi connectivity index (χ1v) is 7.32. The molecule has 0 aromatic heterocycles. The number of unbranched alkanes of at least 4 members (excludes halogenated alkanes) is 1. The molecule has 1 fully saturated rings. The maximum absolute atomic E-state index is 12.1. The van der Waals surface area contributed by atoms with Crippen LogP contribution in [-0.2, 0) is 9.59 Å². The van der Waals surface area contributed by atoms with Gasteiger partial charge in [-0.3, -0.25) is 4.79 Å². The zero-order chi connectivity index (χ0) is 12.8. The predicted octanol–water partition coefficient (Wildman–Crippen LogP) is 2.33. The summed E-state index contributed by atoms with van der Waals surface area (Å²) >= 11 is 1.60. The molecule has 1 N–H and O–H groups in total. The van der Waals surface area contributed by atoms with Gasteiger partial charge in [-0.25, -0.2) is 4.79 Å². The molecule has 0 aliphatic carbocycles. The smallest absolute Gasteiger partial charge is 0.327 e. The number of carboxylic acid groups (broad SMARTS) is 1. The number of rotatable bonds is 6. The highest BCUT2D eigenvalue weighted by molar-refractivity contribution is 8.00. The molecule has 4 nitrogen and oxygen atoms in total. The van der Waals surface area contributed by atoms with Gasteiger partial charge in [0.25, 0.3) is 0 Å². The summed E-state index contributed by atoms with van der Waals surface area (Å²) in [6, 6.07) is -0.624. The van der Waals surface area contributed by atoms with Crippen LogP contribution in [0.25, 0.3) is 0 Å². The van der Waals surface area contributed by atoms with Gasteiger partial charge in [0.1, 0.15) is 6.04 Å². The van der Waals surface area contributed by atoms with Crippen molar-refractivity contribution in [1.29, 1.82) is 0 Å². The van der Waals surface area contributed by atoms with E-state index in [1.807, 2.05) is 6.92 Å². The molecule has 2 atom stereocenters. The largest absolute Gasteiger partial charge is 0.480 e. The Bertz CT molecular complexity index is 283. The van der Waals surface area contributed by atoms with Gasteiger partial charge in [-0.15, -0.1) is 11.8 Å². The van der Waals surface area contributed by atoms with Gasteiger partial charge < -0.3 is 10.0 Å². The van der Waals surface area contributed by atoms with Crippen molar-refractivity contribution in [1.82, 2.24) is 4.90 Å². The minimum atomic E-state index is -0.874. The van der Waals surface area contributed by atoms with Crippen LogP contribution in [0.4, 0.5) is 0 Å². The Kier molecular flexibility index (Phi) is 5.82. The van der Waals surface area contributed by atoms with Gasteiger partial charge in [-0.2, -0.15) is 0 Å². The molecule has 0 aromatic rings. The van der Waals surface area contributed by atoms with Crippen molar-refractivity contribution >= 4 is 23.6 Å². The molecule has 1 heterocycles. The topological polar surface area (TPSA) is 57.6 Å². The average Bonchev–Trinajstić information content (AvgIpc) is 2.70. The average molecular weight is 259 g/mol. The number of carboxylic acids is 1. The molecule has 1 aliphatic rings. The summed E-state index contributed by atoms with van der Waals surface area (Å²) in [5, 5.41) is 9.20. The Hall–Kier alpha value is -0.710. The third-order valence-electron chi connectivity index (χ3n) is 2.95. The predicted molar refractivity (Wildman–Crippen MR) is 68.9 cm³/mol. The fourth-order valence-corrected chi connectivity index (χ4v) is 3.55. The third-order valence-corrected chi connectivity index (χ3v) is 4.30. The van der Waals surface area contributed by atoms with Gasteiger partial charge in [0.05, 0.1) is 5.37 Å². The SMILES string of the molecule is CCCCC(=O)N1[C@H](CCC)SC[C@H]1C(=O)O. The van der Waals surface area contributed by atoms with E-state index in [-0.39, 0.29) is 11.3 Å². The number of carbonyl (C=O) groups excluding carboxylic acids is 1. The van der Waals surface area contributed by atoms with Gasteiger partial charge in [0, 0.05) is 12.2 Å². The molecule has 98 valence electrons. The highest BCUT2D eigenvalue weighted by Gasteiger charge is 2.40. The van der Waals surface area contributed by atoms with Gasteiger partial charge in [-0.1, -0.05) is 26.7 Å². The van der Waals surface area contributed by atoms with Crippen LogP contribution in [0, 0.1) is 0 Å². The van der Waals surface area contributed by atoms with E-state index in [4.69, 9.17) is 5.11 Å². The molecule has 1 rings (SSSR count). The molecule has 0 saturated carbocycles. The second-order valence-corrected chi connectivity index (χ2v) is 5.55. The monoisotopic (exact) mass is 259 g/mol. The van der Waals surface area contributed by atoms with Crippen molar-refractivity contribution in [3.8, 4) is 0 Å². The Labute approximate surface area is 107 Å². The van der Waals surface area contributed by atoms with Crippen LogP contribution in [0.3, 0.4) is 0 Å². The van der Waals surface area contributed by atoms with Crippen molar-refractivity contribution in [2.24, 2.45) is 0 Å². The summed E-state index contributed by atoms with van der Waals surface area (Å²) in [7, 11) is 0. The molecule has 0 aromatic carbocycles.